The van der Waals surface area contributed by atoms with Crippen LogP contribution < -0.4 is 5.43 Å². The van der Waals surface area contributed by atoms with Crippen molar-refractivity contribution in [3.8, 4) is 0 Å². The third-order valence-corrected chi connectivity index (χ3v) is 3.47. The monoisotopic (exact) mass is 291 g/mol. The number of nitrogens with one attached hydrogen (secondary N) is 1. The first-order valence-corrected chi connectivity index (χ1v) is 6.92. The molecule has 1 aliphatic heterocycles. The molecule has 0 aliphatic carbocycles. The maximum absolute atomic E-state index is 11.7. The maximum atomic E-state index is 11.7. The van der Waals surface area contributed by atoms with Crippen molar-refractivity contribution in [2.24, 2.45) is 5.10 Å². The summed E-state index contributed by atoms with van der Waals surface area (Å²) in [5.41, 5.74) is 3.37. The summed E-state index contributed by atoms with van der Waals surface area (Å²) in [6.45, 7) is 1.74. The molecular weight excluding hydrogens is 278 g/mol. The molecule has 0 aromatic heterocycles. The lowest BCUT2D eigenvalue weighted by Crippen LogP contribution is -2.34. The van der Waals surface area contributed by atoms with E-state index in [9.17, 15) is 14.4 Å². The van der Waals surface area contributed by atoms with Gasteiger partial charge in [0, 0.05) is 5.56 Å². The quantitative estimate of drug-likeness (QED) is 0.673. The number of nitrogens with zero attached hydrogens (tertiary/aromatic N) is 2. The van der Waals surface area contributed by atoms with Crippen molar-refractivity contribution in [2.45, 2.75) is 6.92 Å². The van der Waals surface area contributed by atoms with Gasteiger partial charge in [0.25, 0.3) is 11.1 Å². The van der Waals surface area contributed by atoms with Crippen molar-refractivity contribution in [1.29, 1.82) is 0 Å². The van der Waals surface area contributed by atoms with Crippen LogP contribution >= 0.6 is 11.8 Å². The normalized spacial score (nSPS) is 15.7. The van der Waals surface area contributed by atoms with Gasteiger partial charge in [-0.3, -0.25) is 19.3 Å². The molecule has 0 unspecified atom stereocenters. The summed E-state index contributed by atoms with van der Waals surface area (Å²) < 4.78 is 0. The molecule has 1 aromatic rings. The molecule has 2 rings (SSSR count). The molecule has 7 heteroatoms. The Morgan fingerprint density at radius 2 is 2.05 bits per heavy atom. The zero-order valence-corrected chi connectivity index (χ0v) is 11.6. The minimum atomic E-state index is -0.335. The Kier molecular flexibility index (Phi) is 4.52. The van der Waals surface area contributed by atoms with E-state index in [1.807, 2.05) is 6.07 Å². The van der Waals surface area contributed by atoms with Crippen LogP contribution in [-0.2, 0) is 4.79 Å². The smallest absolute Gasteiger partial charge is 0.273 e. The van der Waals surface area contributed by atoms with Crippen LogP contribution in [-0.4, -0.2) is 40.0 Å². The molecule has 0 bridgehead atoms. The highest BCUT2D eigenvalue weighted by Crippen LogP contribution is 2.18. The Morgan fingerprint density at radius 1 is 1.35 bits per heavy atom. The van der Waals surface area contributed by atoms with Crippen LogP contribution in [0.5, 0.6) is 0 Å². The minimum Gasteiger partial charge on any atom is -0.273 e. The van der Waals surface area contributed by atoms with E-state index in [1.54, 1.807) is 31.2 Å². The molecule has 1 heterocycles. The third kappa shape index (κ3) is 3.45. The van der Waals surface area contributed by atoms with Gasteiger partial charge in [-0.15, -0.1) is 0 Å². The molecule has 0 saturated carbocycles. The molecule has 1 aliphatic rings. The van der Waals surface area contributed by atoms with Crippen molar-refractivity contribution in [2.75, 3.05) is 12.3 Å². The van der Waals surface area contributed by atoms with E-state index in [0.717, 1.165) is 16.7 Å². The second-order valence-corrected chi connectivity index (χ2v) is 5.12. The van der Waals surface area contributed by atoms with Crippen molar-refractivity contribution in [3.63, 3.8) is 0 Å². The summed E-state index contributed by atoms with van der Waals surface area (Å²) in [6, 6.07) is 8.66. The number of hydrazone groups is 1. The zero-order chi connectivity index (χ0) is 14.5. The number of hydrogen-bond acceptors (Lipinski definition) is 5. The van der Waals surface area contributed by atoms with Crippen molar-refractivity contribution in [3.05, 3.63) is 35.9 Å². The number of hydrogen-bond donors (Lipinski definition) is 1. The highest BCUT2D eigenvalue weighted by atomic mass is 32.2. The van der Waals surface area contributed by atoms with Gasteiger partial charge in [0.05, 0.1) is 18.0 Å². The first kappa shape index (κ1) is 14.3. The predicted octanol–water partition coefficient (Wildman–Crippen LogP) is 1.49. The van der Waals surface area contributed by atoms with Crippen LogP contribution in [0.1, 0.15) is 17.3 Å². The summed E-state index contributed by atoms with van der Waals surface area (Å²) in [7, 11) is 0. The Balaban J connectivity index is 1.93. The second-order valence-electron chi connectivity index (χ2n) is 4.19. The van der Waals surface area contributed by atoms with Crippen LogP contribution in [0, 0.1) is 0 Å². The lowest BCUT2D eigenvalue weighted by molar-refractivity contribution is -0.124. The lowest BCUT2D eigenvalue weighted by atomic mass is 10.2. The summed E-state index contributed by atoms with van der Waals surface area (Å²) in [4.78, 5) is 35.7. The van der Waals surface area contributed by atoms with E-state index in [0.29, 0.717) is 11.3 Å². The molecule has 1 N–H and O–H groups in total. The van der Waals surface area contributed by atoms with Crippen LogP contribution in [0.2, 0.25) is 0 Å². The average molecular weight is 291 g/mol. The molecule has 104 valence electrons. The number of benzene rings is 1. The molecule has 0 spiro atoms. The van der Waals surface area contributed by atoms with Gasteiger partial charge in [-0.05, 0) is 19.1 Å². The summed E-state index contributed by atoms with van der Waals surface area (Å²) in [5.74, 6) is -0.398. The standard InChI is InChI=1S/C13H13N3O3S/c1-9(7-16-11(17)8-20-13(16)19)14-15-12(18)10-5-3-2-4-6-10/h2-6H,7-8H2,1H3,(H,15,18)/b14-9+. The number of imide groups is 1. The lowest BCUT2D eigenvalue weighted by Gasteiger charge is -2.11. The molecule has 20 heavy (non-hydrogen) atoms. The van der Waals surface area contributed by atoms with Gasteiger partial charge in [-0.25, -0.2) is 5.43 Å². The Morgan fingerprint density at radius 3 is 2.65 bits per heavy atom. The van der Waals surface area contributed by atoms with Crippen molar-refractivity contribution >= 4 is 34.5 Å². The number of carbonyl (C=O) groups is 3. The Bertz CT molecular complexity index is 555. The SMILES string of the molecule is C/C(CN1C(=O)CSC1=O)=N\NC(=O)c1ccccc1. The number of rotatable bonds is 4. The summed E-state index contributed by atoms with van der Waals surface area (Å²) >= 11 is 0.972. The topological polar surface area (TPSA) is 78.8 Å². The number of amides is 3. The summed E-state index contributed by atoms with van der Waals surface area (Å²) in [5, 5.41) is 3.62. The van der Waals surface area contributed by atoms with E-state index < -0.39 is 0 Å². The predicted molar refractivity (Wildman–Crippen MR) is 76.6 cm³/mol. The van der Waals surface area contributed by atoms with Gasteiger partial charge in [0.15, 0.2) is 0 Å². The van der Waals surface area contributed by atoms with E-state index in [1.165, 1.54) is 0 Å². The number of carbonyl (C=O) groups excluding carboxylic acids is 3. The fourth-order valence-electron chi connectivity index (χ4n) is 1.60. The minimum absolute atomic E-state index is 0.0970. The molecular formula is C13H13N3O3S. The molecule has 6 nitrogen and oxygen atoms in total. The van der Waals surface area contributed by atoms with Crippen molar-refractivity contribution in [1.82, 2.24) is 10.3 Å². The van der Waals surface area contributed by atoms with E-state index in [4.69, 9.17) is 0 Å². The largest absolute Gasteiger partial charge is 0.289 e. The molecule has 3 amide bonds. The first-order chi connectivity index (χ1) is 9.58. The third-order valence-electron chi connectivity index (χ3n) is 2.61. The molecule has 1 saturated heterocycles. The van der Waals surface area contributed by atoms with Gasteiger partial charge in [0.1, 0.15) is 0 Å². The van der Waals surface area contributed by atoms with E-state index in [-0.39, 0.29) is 29.4 Å². The molecule has 1 aromatic carbocycles. The van der Waals surface area contributed by atoms with E-state index >= 15 is 0 Å². The zero-order valence-electron chi connectivity index (χ0n) is 10.8. The molecule has 1 fully saturated rings. The average Bonchev–Trinajstić information content (AvgIpc) is 2.77. The van der Waals surface area contributed by atoms with Crippen LogP contribution in [0.25, 0.3) is 0 Å². The fourth-order valence-corrected chi connectivity index (χ4v) is 2.32. The summed E-state index contributed by atoms with van der Waals surface area (Å²) in [6.07, 6.45) is 0. The van der Waals surface area contributed by atoms with Crippen LogP contribution in [0.15, 0.2) is 35.4 Å². The highest BCUT2D eigenvalue weighted by Gasteiger charge is 2.29. The number of thioether (sulfide) groups is 1. The second kappa shape index (κ2) is 6.33. The molecule has 0 radical (unpaired) electrons. The van der Waals surface area contributed by atoms with E-state index in [2.05, 4.69) is 10.5 Å². The highest BCUT2D eigenvalue weighted by molar-refractivity contribution is 8.14. The van der Waals surface area contributed by atoms with Crippen molar-refractivity contribution < 1.29 is 14.4 Å². The van der Waals surface area contributed by atoms with Crippen LogP contribution in [0.3, 0.4) is 0 Å². The van der Waals surface area contributed by atoms with Gasteiger partial charge in [-0.1, -0.05) is 30.0 Å². The molecule has 0 atom stereocenters. The van der Waals surface area contributed by atoms with Gasteiger partial charge in [-0.2, -0.15) is 5.10 Å². The van der Waals surface area contributed by atoms with Crippen LogP contribution in [0.4, 0.5) is 4.79 Å². The van der Waals surface area contributed by atoms with Gasteiger partial charge in [0.2, 0.25) is 5.91 Å². The van der Waals surface area contributed by atoms with Gasteiger partial charge < -0.3 is 0 Å². The van der Waals surface area contributed by atoms with Gasteiger partial charge >= 0.3 is 0 Å². The fraction of sp³-hybridized carbons (Fsp3) is 0.231. The Hall–Kier alpha value is -2.15. The maximum Gasteiger partial charge on any atom is 0.289 e. The Labute approximate surface area is 120 Å². The first-order valence-electron chi connectivity index (χ1n) is 5.93.